The normalized spacial score (nSPS) is 12.3. The van der Waals surface area contributed by atoms with Crippen LogP contribution in [0.4, 0.5) is 0 Å². The average Bonchev–Trinajstić information content (AvgIpc) is 3.22. The second-order valence-electron chi connectivity index (χ2n) is 8.59. The maximum atomic E-state index is 6.03. The molecule has 11 heteroatoms. The van der Waals surface area contributed by atoms with E-state index < -0.39 is 8.24 Å². The lowest BCUT2D eigenvalue weighted by Gasteiger charge is -2.44. The summed E-state index contributed by atoms with van der Waals surface area (Å²) < 4.78 is 4.65. The monoisotopic (exact) mass is 714 g/mol. The molecule has 172 valence electrons. The van der Waals surface area contributed by atoms with Crippen molar-refractivity contribution < 1.29 is 0 Å². The topological polar surface area (TPSA) is 72.3 Å². The summed E-state index contributed by atoms with van der Waals surface area (Å²) in [4.78, 5) is 20.2. The standard InChI is InChI=1S/C15H23ClIN3Si.C6H3ClIN3/c1-9(2)21(10(3)4,11(5)6)20-8-12(17)14-15(20)18-7-13(16)19-14;7-4-2-10-6-5(11-4)3(8)1-9-6/h7-11H,1-6H3;1-2H,(H,9,10). The lowest BCUT2D eigenvalue weighted by Crippen LogP contribution is -2.51. The molecule has 0 bridgehead atoms. The van der Waals surface area contributed by atoms with Crippen molar-refractivity contribution in [2.24, 2.45) is 0 Å². The zero-order valence-corrected chi connectivity index (χ0v) is 25.6. The van der Waals surface area contributed by atoms with Crippen LogP contribution in [-0.4, -0.2) is 37.4 Å². The summed E-state index contributed by atoms with van der Waals surface area (Å²) in [6.45, 7) is 14.1. The predicted molar refractivity (Wildman–Crippen MR) is 153 cm³/mol. The summed E-state index contributed by atoms with van der Waals surface area (Å²) in [5, 5.41) is 0.888. The minimum Gasteiger partial charge on any atom is -0.356 e. The quantitative estimate of drug-likeness (QED) is 0.172. The number of nitrogens with one attached hydrogen (secondary N) is 1. The van der Waals surface area contributed by atoms with Crippen molar-refractivity contribution in [1.29, 1.82) is 0 Å². The number of aromatic nitrogens is 6. The molecule has 0 spiro atoms. The summed E-state index contributed by atoms with van der Waals surface area (Å²) in [7, 11) is -1.80. The molecule has 4 aromatic rings. The van der Waals surface area contributed by atoms with Gasteiger partial charge in [-0.15, -0.1) is 0 Å². The van der Waals surface area contributed by atoms with Gasteiger partial charge in [0.05, 0.1) is 19.5 Å². The number of halogens is 4. The highest BCUT2D eigenvalue weighted by Crippen LogP contribution is 2.44. The van der Waals surface area contributed by atoms with E-state index in [1.807, 2.05) is 6.20 Å². The van der Waals surface area contributed by atoms with E-state index in [1.165, 1.54) is 6.20 Å². The number of H-pyrrole nitrogens is 1. The van der Waals surface area contributed by atoms with Crippen LogP contribution in [0.2, 0.25) is 26.9 Å². The van der Waals surface area contributed by atoms with Crippen molar-refractivity contribution in [3.05, 3.63) is 42.2 Å². The highest BCUT2D eigenvalue weighted by Gasteiger charge is 2.46. The number of rotatable bonds is 4. The molecule has 0 unspecified atom stereocenters. The summed E-state index contributed by atoms with van der Waals surface area (Å²) >= 11 is 16.2. The maximum Gasteiger partial charge on any atom is 0.171 e. The van der Waals surface area contributed by atoms with E-state index in [2.05, 4.69) is 122 Å². The van der Waals surface area contributed by atoms with Gasteiger partial charge in [0.2, 0.25) is 0 Å². The number of hydrogen-bond acceptors (Lipinski definition) is 4. The predicted octanol–water partition coefficient (Wildman–Crippen LogP) is 7.93. The molecule has 1 N–H and O–H groups in total. The Morgan fingerprint density at radius 2 is 1.38 bits per heavy atom. The van der Waals surface area contributed by atoms with Gasteiger partial charge in [-0.05, 0) is 61.8 Å². The van der Waals surface area contributed by atoms with Crippen LogP contribution in [0.15, 0.2) is 24.8 Å². The first-order valence-corrected chi connectivity index (χ1v) is 15.4. The molecule has 0 fully saturated rings. The molecule has 0 saturated carbocycles. The average molecular weight is 715 g/mol. The third kappa shape index (κ3) is 4.82. The second-order valence-corrected chi connectivity index (χ2v) is 17.4. The molecule has 4 aromatic heterocycles. The van der Waals surface area contributed by atoms with E-state index in [9.17, 15) is 0 Å². The first-order chi connectivity index (χ1) is 15.0. The molecule has 0 saturated heterocycles. The van der Waals surface area contributed by atoms with Crippen molar-refractivity contribution in [1.82, 2.24) is 29.2 Å². The molecule has 0 aliphatic carbocycles. The summed E-state index contributed by atoms with van der Waals surface area (Å²) in [6.07, 6.45) is 7.28. The van der Waals surface area contributed by atoms with Gasteiger partial charge in [0.15, 0.2) is 19.5 Å². The van der Waals surface area contributed by atoms with Gasteiger partial charge in [0.25, 0.3) is 0 Å². The number of aromatic amines is 1. The van der Waals surface area contributed by atoms with E-state index >= 15 is 0 Å². The van der Waals surface area contributed by atoms with Gasteiger partial charge in [-0.25, -0.2) is 19.9 Å². The molecule has 0 atom stereocenters. The van der Waals surface area contributed by atoms with E-state index in [4.69, 9.17) is 23.2 Å². The lowest BCUT2D eigenvalue weighted by atomic mass is 10.5. The molecule has 0 radical (unpaired) electrons. The van der Waals surface area contributed by atoms with Gasteiger partial charge in [0, 0.05) is 12.4 Å². The highest BCUT2D eigenvalue weighted by molar-refractivity contribution is 14.1. The highest BCUT2D eigenvalue weighted by atomic mass is 127. The summed E-state index contributed by atoms with van der Waals surface area (Å²) in [6, 6.07) is 0. The van der Waals surface area contributed by atoms with Crippen LogP contribution < -0.4 is 0 Å². The summed E-state index contributed by atoms with van der Waals surface area (Å²) in [5.74, 6) is 0. The largest absolute Gasteiger partial charge is 0.356 e. The van der Waals surface area contributed by atoms with Crippen molar-refractivity contribution in [3.8, 4) is 0 Å². The molecule has 32 heavy (non-hydrogen) atoms. The van der Waals surface area contributed by atoms with Crippen molar-refractivity contribution >= 4 is 98.9 Å². The smallest absolute Gasteiger partial charge is 0.171 e. The minimum atomic E-state index is -1.80. The van der Waals surface area contributed by atoms with Gasteiger partial charge < -0.3 is 9.22 Å². The lowest BCUT2D eigenvalue weighted by molar-refractivity contribution is 0.770. The maximum absolute atomic E-state index is 6.03. The molecule has 0 amide bonds. The molecule has 6 nitrogen and oxygen atoms in total. The fourth-order valence-corrected chi connectivity index (χ4v) is 13.2. The van der Waals surface area contributed by atoms with Crippen LogP contribution >= 0.6 is 68.4 Å². The summed E-state index contributed by atoms with van der Waals surface area (Å²) in [5.41, 5.74) is 5.41. The molecular formula is C21H26Cl2I2N6Si. The Morgan fingerprint density at radius 3 is 1.94 bits per heavy atom. The van der Waals surface area contributed by atoms with Crippen LogP contribution in [0.3, 0.4) is 0 Å². The Balaban J connectivity index is 0.000000219. The fraction of sp³-hybridized carbons (Fsp3) is 0.429. The fourth-order valence-electron chi connectivity index (χ4n) is 4.90. The van der Waals surface area contributed by atoms with Crippen LogP contribution in [0.25, 0.3) is 22.3 Å². The van der Waals surface area contributed by atoms with Crippen LogP contribution in [0.1, 0.15) is 41.5 Å². The molecule has 0 aliphatic heterocycles. The number of nitrogens with zero attached hydrogens (tertiary/aromatic N) is 5. The van der Waals surface area contributed by atoms with Crippen LogP contribution in [0.5, 0.6) is 0 Å². The molecule has 4 heterocycles. The Hall–Kier alpha value is -0.503. The first-order valence-electron chi connectivity index (χ1n) is 10.3. The van der Waals surface area contributed by atoms with Gasteiger partial charge in [-0.2, -0.15) is 0 Å². The first kappa shape index (κ1) is 26.1. The zero-order chi connectivity index (χ0) is 23.8. The number of fused-ring (bicyclic) bond motifs is 2. The van der Waals surface area contributed by atoms with Gasteiger partial charge in [-0.1, -0.05) is 64.7 Å². The Labute approximate surface area is 226 Å². The number of hydrogen-bond donors (Lipinski definition) is 1. The molecule has 4 rings (SSSR count). The third-order valence-electron chi connectivity index (χ3n) is 5.92. The Bertz CT molecular complexity index is 1220. The minimum absolute atomic E-state index is 0.426. The van der Waals surface area contributed by atoms with Crippen LogP contribution in [0, 0.1) is 7.14 Å². The van der Waals surface area contributed by atoms with E-state index in [0.29, 0.717) is 26.9 Å². The van der Waals surface area contributed by atoms with E-state index in [-0.39, 0.29) is 0 Å². The molecule has 0 aromatic carbocycles. The van der Waals surface area contributed by atoms with Crippen molar-refractivity contribution in [2.45, 2.75) is 58.2 Å². The molecular weight excluding hydrogens is 689 g/mol. The van der Waals surface area contributed by atoms with E-state index in [1.54, 1.807) is 6.20 Å². The Kier molecular flexibility index (Phi) is 8.49. The van der Waals surface area contributed by atoms with Crippen molar-refractivity contribution in [2.75, 3.05) is 0 Å². The second kappa shape index (κ2) is 10.4. The van der Waals surface area contributed by atoms with Gasteiger partial charge >= 0.3 is 0 Å². The van der Waals surface area contributed by atoms with Crippen molar-refractivity contribution in [3.63, 3.8) is 0 Å². The van der Waals surface area contributed by atoms with Crippen LogP contribution in [-0.2, 0) is 0 Å². The zero-order valence-electron chi connectivity index (χ0n) is 18.8. The van der Waals surface area contributed by atoms with Gasteiger partial charge in [0.1, 0.15) is 21.3 Å². The SMILES string of the molecule is CC(C)[Si](C(C)C)(C(C)C)n1cc(I)c2nc(Cl)cnc21.Clc1cnc2[nH]cc(I)c2n1. The molecule has 0 aliphatic rings. The van der Waals surface area contributed by atoms with E-state index in [0.717, 1.165) is 29.5 Å². The van der Waals surface area contributed by atoms with Gasteiger partial charge in [-0.3, -0.25) is 0 Å². The third-order valence-corrected chi connectivity index (χ3v) is 14.6. The Morgan fingerprint density at radius 1 is 0.844 bits per heavy atom.